The van der Waals surface area contributed by atoms with Crippen molar-refractivity contribution in [2.24, 2.45) is 0 Å². The molecule has 5 nitrogen and oxygen atoms in total. The number of carbonyl (C=O) groups excluding carboxylic acids is 2. The zero-order valence-electron chi connectivity index (χ0n) is 12.7. The van der Waals surface area contributed by atoms with Gasteiger partial charge < -0.3 is 10.1 Å². The first kappa shape index (κ1) is 17.4. The Morgan fingerprint density at radius 2 is 2.09 bits per heavy atom. The molecule has 0 bridgehead atoms. The van der Waals surface area contributed by atoms with Gasteiger partial charge in [0, 0.05) is 12.8 Å². The molecule has 0 fully saturated rings. The number of hydrogen-bond acceptors (Lipinski definition) is 4. The molecule has 0 aliphatic carbocycles. The van der Waals surface area contributed by atoms with Crippen LogP contribution in [0.3, 0.4) is 0 Å². The molecule has 1 rings (SSSR count). The normalized spacial score (nSPS) is 11.1. The van der Waals surface area contributed by atoms with E-state index in [-0.39, 0.29) is 18.9 Å². The van der Waals surface area contributed by atoms with Crippen LogP contribution in [0.4, 0.5) is 0 Å². The van der Waals surface area contributed by atoms with Crippen molar-refractivity contribution < 1.29 is 14.3 Å². The van der Waals surface area contributed by atoms with E-state index in [9.17, 15) is 9.59 Å². The van der Waals surface area contributed by atoms with Crippen molar-refractivity contribution in [2.75, 3.05) is 6.61 Å². The molecule has 1 N–H and O–H groups in total. The maximum absolute atomic E-state index is 12.0. The smallest absolute Gasteiger partial charge is 0.330 e. The molecule has 0 saturated carbocycles. The van der Waals surface area contributed by atoms with Crippen molar-refractivity contribution in [3.05, 3.63) is 48.0 Å². The van der Waals surface area contributed by atoms with Crippen LogP contribution in [0.25, 0.3) is 0 Å². The number of esters is 1. The second-order valence-corrected chi connectivity index (χ2v) is 4.90. The summed E-state index contributed by atoms with van der Waals surface area (Å²) in [4.78, 5) is 23.8. The first-order valence-electron chi connectivity index (χ1n) is 7.06. The van der Waals surface area contributed by atoms with Crippen LogP contribution in [-0.4, -0.2) is 24.5 Å². The molecule has 1 aromatic rings. The summed E-state index contributed by atoms with van der Waals surface area (Å²) < 4.78 is 4.82. The monoisotopic (exact) mass is 300 g/mol. The molecule has 0 spiro atoms. The van der Waals surface area contributed by atoms with Gasteiger partial charge in [-0.2, -0.15) is 5.26 Å². The number of benzene rings is 1. The molecule has 0 saturated heterocycles. The molecule has 1 aromatic carbocycles. The molecule has 5 heteroatoms. The fourth-order valence-corrected chi connectivity index (χ4v) is 1.86. The summed E-state index contributed by atoms with van der Waals surface area (Å²) in [5, 5.41) is 11.1. The van der Waals surface area contributed by atoms with Crippen molar-refractivity contribution >= 4 is 11.9 Å². The highest BCUT2D eigenvalue weighted by Crippen LogP contribution is 2.08. The van der Waals surface area contributed by atoms with Crippen LogP contribution in [0.5, 0.6) is 0 Å². The Labute approximate surface area is 130 Å². The molecule has 0 aliphatic rings. The Morgan fingerprint density at radius 1 is 1.41 bits per heavy atom. The Morgan fingerprint density at radius 3 is 2.68 bits per heavy atom. The Kier molecular flexibility index (Phi) is 7.41. The number of nitrogens with one attached hydrogen (secondary N) is 1. The number of allylic oxidation sites excluding steroid dienone is 1. The molecule has 1 amide bonds. The molecule has 1 atom stereocenters. The lowest BCUT2D eigenvalue weighted by atomic mass is 10.0. The first-order valence-corrected chi connectivity index (χ1v) is 7.06. The van der Waals surface area contributed by atoms with Crippen molar-refractivity contribution in [1.29, 1.82) is 5.26 Å². The van der Waals surface area contributed by atoms with Gasteiger partial charge in [0.1, 0.15) is 12.1 Å². The first-order chi connectivity index (χ1) is 10.6. The summed E-state index contributed by atoms with van der Waals surface area (Å²) in [5.41, 5.74) is 2.02. The van der Waals surface area contributed by atoms with Gasteiger partial charge in [0.15, 0.2) is 6.61 Å². The van der Waals surface area contributed by atoms with E-state index in [1.165, 1.54) is 0 Å². The van der Waals surface area contributed by atoms with Gasteiger partial charge in [-0.25, -0.2) is 4.79 Å². The van der Waals surface area contributed by atoms with E-state index >= 15 is 0 Å². The molecular weight excluding hydrogens is 280 g/mol. The number of rotatable bonds is 8. The highest BCUT2D eigenvalue weighted by molar-refractivity contribution is 5.84. The second-order valence-electron chi connectivity index (χ2n) is 4.90. The molecule has 0 unspecified atom stereocenters. The highest BCUT2D eigenvalue weighted by Gasteiger charge is 2.22. The van der Waals surface area contributed by atoms with Crippen LogP contribution in [0.2, 0.25) is 0 Å². The van der Waals surface area contributed by atoms with Crippen molar-refractivity contribution in [3.8, 4) is 6.07 Å². The summed E-state index contributed by atoms with van der Waals surface area (Å²) >= 11 is 0. The van der Waals surface area contributed by atoms with Crippen LogP contribution >= 0.6 is 0 Å². The number of nitriles is 1. The van der Waals surface area contributed by atoms with E-state index in [1.807, 2.05) is 31.2 Å². The minimum atomic E-state index is -0.798. The lowest BCUT2D eigenvalue weighted by Gasteiger charge is -2.17. The maximum Gasteiger partial charge on any atom is 0.330 e. The number of hydrogen-bond donors (Lipinski definition) is 1. The highest BCUT2D eigenvalue weighted by atomic mass is 16.5. The molecule has 0 radical (unpaired) electrons. The molecule has 0 heterocycles. The van der Waals surface area contributed by atoms with Gasteiger partial charge in [0.2, 0.25) is 5.91 Å². The molecule has 22 heavy (non-hydrogen) atoms. The van der Waals surface area contributed by atoms with E-state index in [0.717, 1.165) is 11.1 Å². The summed E-state index contributed by atoms with van der Waals surface area (Å²) in [7, 11) is 0. The lowest BCUT2D eigenvalue weighted by Crippen LogP contribution is -2.43. The topological polar surface area (TPSA) is 79.2 Å². The van der Waals surface area contributed by atoms with E-state index < -0.39 is 12.0 Å². The average molecular weight is 300 g/mol. The summed E-state index contributed by atoms with van der Waals surface area (Å²) in [6.07, 6.45) is 2.77. The van der Waals surface area contributed by atoms with Gasteiger partial charge >= 0.3 is 5.97 Å². The Balaban J connectivity index is 2.74. The number of carbonyl (C=O) groups is 2. The molecule has 0 aliphatic heterocycles. The predicted octanol–water partition coefficient (Wildman–Crippen LogP) is 2.06. The molecule has 116 valence electrons. The van der Waals surface area contributed by atoms with Gasteiger partial charge in [-0.1, -0.05) is 35.9 Å². The largest absolute Gasteiger partial charge is 0.449 e. The second kappa shape index (κ2) is 9.35. The number of aryl methyl sites for hydroxylation is 1. The summed E-state index contributed by atoms with van der Waals surface area (Å²) in [5.74, 6) is -0.847. The van der Waals surface area contributed by atoms with Gasteiger partial charge in [0.05, 0.1) is 0 Å². The Hall–Kier alpha value is -2.61. The Bertz CT molecular complexity index is 558. The van der Waals surface area contributed by atoms with Crippen molar-refractivity contribution in [1.82, 2.24) is 5.32 Å². The van der Waals surface area contributed by atoms with E-state index in [2.05, 4.69) is 11.9 Å². The van der Waals surface area contributed by atoms with Gasteiger partial charge in [-0.3, -0.25) is 4.79 Å². The minimum Gasteiger partial charge on any atom is -0.449 e. The number of nitrogens with zero attached hydrogens (tertiary/aromatic N) is 1. The molecule has 0 aromatic heterocycles. The van der Waals surface area contributed by atoms with Crippen LogP contribution in [0, 0.1) is 18.3 Å². The van der Waals surface area contributed by atoms with Crippen molar-refractivity contribution in [2.45, 2.75) is 32.2 Å². The zero-order valence-corrected chi connectivity index (χ0v) is 12.7. The molecular formula is C17H20N2O3. The van der Waals surface area contributed by atoms with Crippen LogP contribution < -0.4 is 5.32 Å². The standard InChI is InChI=1S/C17H20N2O3/c1-3-4-5-16(20)19-15(17(21)22-11-10-18)12-14-8-6-13(2)7-9-14/h3,6-9,15H,1,4-5,11-12H2,2H3,(H,19,20)/t15-/m0/s1. The summed E-state index contributed by atoms with van der Waals surface area (Å²) in [6.45, 7) is 5.20. The van der Waals surface area contributed by atoms with E-state index in [4.69, 9.17) is 10.00 Å². The SMILES string of the molecule is C=CCCC(=O)N[C@@H](Cc1ccc(C)cc1)C(=O)OCC#N. The number of ether oxygens (including phenoxy) is 1. The maximum atomic E-state index is 12.0. The van der Waals surface area contributed by atoms with Crippen LogP contribution in [-0.2, 0) is 20.7 Å². The quantitative estimate of drug-likeness (QED) is 0.588. The van der Waals surface area contributed by atoms with E-state index in [0.29, 0.717) is 12.8 Å². The van der Waals surface area contributed by atoms with Gasteiger partial charge in [0.25, 0.3) is 0 Å². The number of amides is 1. The van der Waals surface area contributed by atoms with Gasteiger partial charge in [-0.05, 0) is 18.9 Å². The van der Waals surface area contributed by atoms with Gasteiger partial charge in [-0.15, -0.1) is 6.58 Å². The average Bonchev–Trinajstić information content (AvgIpc) is 2.52. The lowest BCUT2D eigenvalue weighted by molar-refractivity contribution is -0.146. The van der Waals surface area contributed by atoms with Crippen LogP contribution in [0.1, 0.15) is 24.0 Å². The third kappa shape index (κ3) is 6.23. The third-order valence-electron chi connectivity index (χ3n) is 3.03. The summed E-state index contributed by atoms with van der Waals surface area (Å²) in [6, 6.07) is 8.62. The fourth-order valence-electron chi connectivity index (χ4n) is 1.86. The van der Waals surface area contributed by atoms with E-state index in [1.54, 1.807) is 12.1 Å². The van der Waals surface area contributed by atoms with Crippen LogP contribution in [0.15, 0.2) is 36.9 Å². The van der Waals surface area contributed by atoms with Crippen molar-refractivity contribution in [3.63, 3.8) is 0 Å². The third-order valence-corrected chi connectivity index (χ3v) is 3.03. The minimum absolute atomic E-state index is 0.245. The fraction of sp³-hybridized carbons (Fsp3) is 0.353. The zero-order chi connectivity index (χ0) is 16.4. The predicted molar refractivity (Wildman–Crippen MR) is 82.8 cm³/mol.